The number of nitrogens with zero attached hydrogens (tertiary/aromatic N) is 2. The van der Waals surface area contributed by atoms with E-state index in [-0.39, 0.29) is 5.48 Å². The van der Waals surface area contributed by atoms with E-state index >= 15 is 0 Å². The van der Waals surface area contributed by atoms with Crippen LogP contribution in [0.3, 0.4) is 0 Å². The Balaban J connectivity index is 0.000000551. The topological polar surface area (TPSA) is 113 Å². The second kappa shape index (κ2) is 13.4. The molecule has 2 aromatic carbocycles. The molecule has 2 aliphatic heterocycles. The lowest BCUT2D eigenvalue weighted by Gasteiger charge is -2.40. The lowest BCUT2D eigenvalue weighted by Crippen LogP contribution is -2.48. The summed E-state index contributed by atoms with van der Waals surface area (Å²) in [5.41, 5.74) is 4.63. The number of aliphatic hydroxyl groups is 1. The van der Waals surface area contributed by atoms with Crippen molar-refractivity contribution in [1.82, 2.24) is 9.80 Å². The Kier molecular flexibility index (Phi) is 10.8. The molecule has 3 aliphatic rings. The highest BCUT2D eigenvalue weighted by atomic mass is 32.2. The first-order chi connectivity index (χ1) is 16.8. The third kappa shape index (κ3) is 8.02. The van der Waals surface area contributed by atoms with Crippen LogP contribution >= 0.6 is 11.8 Å². The average molecular weight is 537 g/mol. The van der Waals surface area contributed by atoms with Crippen LogP contribution < -0.4 is 0 Å². The zero-order valence-electron chi connectivity index (χ0n) is 21.1. The molecule has 200 valence electrons. The molecule has 5 rings (SSSR count). The molecule has 0 aromatic heterocycles. The summed E-state index contributed by atoms with van der Waals surface area (Å²) in [5, 5.41) is 9.16. The standard InChI is InChI=1S/C26H34N2OS.CH4O3S.H2O/c29-17-5-12-27-13-15-28(16-14-27)24-19-22-8-3-4-9-25(22)30-26-11-10-21(18-23(24)26)20-6-1-2-7-20;1-5(2,3)4;/h3-4,8-11,18,20,24,29H,1-2,5-7,12-17,19H2;1H3,(H,2,3,4);1H2. The van der Waals surface area contributed by atoms with E-state index in [1.165, 1.54) is 41.0 Å². The number of fused-ring (bicyclic) bond motifs is 2. The van der Waals surface area contributed by atoms with E-state index in [0.29, 0.717) is 18.9 Å². The minimum absolute atomic E-state index is 0. The van der Waals surface area contributed by atoms with Crippen LogP contribution in [0.2, 0.25) is 0 Å². The first-order valence-electron chi connectivity index (χ1n) is 12.7. The van der Waals surface area contributed by atoms with E-state index in [0.717, 1.165) is 51.5 Å². The minimum atomic E-state index is -3.67. The normalized spacial score (nSPS) is 20.9. The van der Waals surface area contributed by atoms with Gasteiger partial charge in [0.05, 0.1) is 6.26 Å². The molecule has 1 atom stereocenters. The van der Waals surface area contributed by atoms with Crippen molar-refractivity contribution in [2.75, 3.05) is 45.6 Å². The van der Waals surface area contributed by atoms with Crippen molar-refractivity contribution < 1.29 is 23.6 Å². The molecule has 0 bridgehead atoms. The lowest BCUT2D eigenvalue weighted by atomic mass is 9.91. The molecule has 1 saturated heterocycles. The Bertz CT molecular complexity index is 1070. The van der Waals surface area contributed by atoms with Crippen LogP contribution in [0.15, 0.2) is 52.3 Å². The van der Waals surface area contributed by atoms with Crippen LogP contribution in [0.25, 0.3) is 0 Å². The molecule has 1 aliphatic carbocycles. The Labute approximate surface area is 219 Å². The molecule has 2 aromatic rings. The lowest BCUT2D eigenvalue weighted by molar-refractivity contribution is 0.0899. The molecule has 0 amide bonds. The third-order valence-electron chi connectivity index (χ3n) is 7.31. The summed E-state index contributed by atoms with van der Waals surface area (Å²) in [6, 6.07) is 16.9. The van der Waals surface area contributed by atoms with E-state index in [9.17, 15) is 8.42 Å². The van der Waals surface area contributed by atoms with Crippen molar-refractivity contribution in [3.63, 3.8) is 0 Å². The summed E-state index contributed by atoms with van der Waals surface area (Å²) in [6.07, 6.45) is 8.22. The fourth-order valence-electron chi connectivity index (χ4n) is 5.56. The molecule has 9 heteroatoms. The highest BCUT2D eigenvalue weighted by molar-refractivity contribution is 7.99. The van der Waals surface area contributed by atoms with Crippen LogP contribution in [0, 0.1) is 0 Å². The predicted octanol–water partition coefficient (Wildman–Crippen LogP) is 3.77. The zero-order chi connectivity index (χ0) is 24.8. The summed E-state index contributed by atoms with van der Waals surface area (Å²) in [7, 11) is -3.67. The van der Waals surface area contributed by atoms with Gasteiger partial charge in [0.15, 0.2) is 0 Å². The van der Waals surface area contributed by atoms with E-state index in [1.807, 2.05) is 11.8 Å². The third-order valence-corrected chi connectivity index (χ3v) is 8.52. The van der Waals surface area contributed by atoms with Crippen LogP contribution in [-0.4, -0.2) is 78.9 Å². The first kappa shape index (κ1) is 29.1. The second-order valence-corrected chi connectivity index (χ2v) is 12.4. The van der Waals surface area contributed by atoms with Gasteiger partial charge in [-0.3, -0.25) is 9.45 Å². The van der Waals surface area contributed by atoms with Gasteiger partial charge in [0.2, 0.25) is 0 Å². The number of aliphatic hydroxyl groups excluding tert-OH is 1. The van der Waals surface area contributed by atoms with Crippen LogP contribution in [0.5, 0.6) is 0 Å². The van der Waals surface area contributed by atoms with Gasteiger partial charge in [-0.2, -0.15) is 8.42 Å². The van der Waals surface area contributed by atoms with Crippen molar-refractivity contribution in [3.8, 4) is 0 Å². The van der Waals surface area contributed by atoms with Gasteiger partial charge in [-0.05, 0) is 60.4 Å². The summed E-state index contributed by atoms with van der Waals surface area (Å²) in [6.45, 7) is 5.79. The van der Waals surface area contributed by atoms with Gasteiger partial charge in [-0.15, -0.1) is 0 Å². The molecule has 2 heterocycles. The van der Waals surface area contributed by atoms with Crippen molar-refractivity contribution in [2.45, 2.75) is 60.3 Å². The molecule has 1 saturated carbocycles. The van der Waals surface area contributed by atoms with Gasteiger partial charge in [-0.1, -0.05) is 54.9 Å². The maximum Gasteiger partial charge on any atom is 0.261 e. The molecule has 0 radical (unpaired) electrons. The highest BCUT2D eigenvalue weighted by Crippen LogP contribution is 2.45. The number of hydrogen-bond acceptors (Lipinski definition) is 6. The Hall–Kier alpha value is -1.46. The largest absolute Gasteiger partial charge is 0.412 e. The molecule has 4 N–H and O–H groups in total. The van der Waals surface area contributed by atoms with Gasteiger partial charge in [0, 0.05) is 55.2 Å². The van der Waals surface area contributed by atoms with Gasteiger partial charge in [-0.25, -0.2) is 0 Å². The maximum absolute atomic E-state index is 9.19. The van der Waals surface area contributed by atoms with Gasteiger partial charge < -0.3 is 15.5 Å². The summed E-state index contributed by atoms with van der Waals surface area (Å²) in [5.74, 6) is 0.766. The average Bonchev–Trinajstić information content (AvgIpc) is 3.31. The van der Waals surface area contributed by atoms with E-state index in [1.54, 1.807) is 11.1 Å². The Morgan fingerprint density at radius 1 is 1.00 bits per heavy atom. The molecule has 0 spiro atoms. The van der Waals surface area contributed by atoms with E-state index in [2.05, 4.69) is 52.3 Å². The smallest absolute Gasteiger partial charge is 0.261 e. The predicted molar refractivity (Wildman–Crippen MR) is 145 cm³/mol. The Morgan fingerprint density at radius 3 is 2.33 bits per heavy atom. The first-order valence-corrected chi connectivity index (χ1v) is 15.4. The molecule has 36 heavy (non-hydrogen) atoms. The quantitative estimate of drug-likeness (QED) is 0.559. The Morgan fingerprint density at radius 2 is 1.67 bits per heavy atom. The zero-order valence-corrected chi connectivity index (χ0v) is 22.7. The molecular weight excluding hydrogens is 496 g/mol. The minimum Gasteiger partial charge on any atom is -0.412 e. The second-order valence-electron chi connectivity index (χ2n) is 9.90. The van der Waals surface area contributed by atoms with Gasteiger partial charge in [0.25, 0.3) is 10.1 Å². The van der Waals surface area contributed by atoms with Crippen LogP contribution in [-0.2, 0) is 16.5 Å². The van der Waals surface area contributed by atoms with Gasteiger partial charge in [0.1, 0.15) is 0 Å². The molecular formula is C27H40N2O5S2. The molecule has 7 nitrogen and oxygen atoms in total. The highest BCUT2D eigenvalue weighted by Gasteiger charge is 2.31. The fraction of sp³-hybridized carbons (Fsp3) is 0.556. The number of rotatable bonds is 5. The molecule has 1 unspecified atom stereocenters. The van der Waals surface area contributed by atoms with E-state index < -0.39 is 10.1 Å². The number of hydrogen-bond donors (Lipinski definition) is 2. The van der Waals surface area contributed by atoms with Crippen molar-refractivity contribution in [2.24, 2.45) is 0 Å². The SMILES string of the molecule is CS(=O)(=O)O.O.OCCCN1CCN(C2Cc3ccccc3Sc3ccc(C4CCCC4)cc32)CC1. The van der Waals surface area contributed by atoms with Crippen molar-refractivity contribution in [1.29, 1.82) is 0 Å². The number of piperazine rings is 1. The monoisotopic (exact) mass is 536 g/mol. The summed E-state index contributed by atoms with van der Waals surface area (Å²) < 4.78 is 25.9. The summed E-state index contributed by atoms with van der Waals surface area (Å²) in [4.78, 5) is 8.13. The number of benzene rings is 2. The van der Waals surface area contributed by atoms with E-state index in [4.69, 9.17) is 9.66 Å². The van der Waals surface area contributed by atoms with Crippen molar-refractivity contribution in [3.05, 3.63) is 59.2 Å². The summed E-state index contributed by atoms with van der Waals surface area (Å²) >= 11 is 1.97. The van der Waals surface area contributed by atoms with Gasteiger partial charge >= 0.3 is 0 Å². The van der Waals surface area contributed by atoms with Crippen LogP contribution in [0.1, 0.15) is 60.8 Å². The van der Waals surface area contributed by atoms with Crippen LogP contribution in [0.4, 0.5) is 0 Å². The maximum atomic E-state index is 9.19. The fourth-order valence-corrected chi connectivity index (χ4v) is 6.68. The van der Waals surface area contributed by atoms with Crippen molar-refractivity contribution >= 4 is 21.9 Å². The molecule has 2 fully saturated rings.